The average Bonchev–Trinajstić information content (AvgIpc) is 1.51. The van der Waals surface area contributed by atoms with Crippen LogP contribution in [0.1, 0.15) is 156 Å². The van der Waals surface area contributed by atoms with Crippen LogP contribution in [0.3, 0.4) is 0 Å². The number of thioether (sulfide) groups is 1. The highest BCUT2D eigenvalue weighted by Gasteiger charge is 2.38. The number of nitrogens with zero attached hydrogens (tertiary/aromatic N) is 2. The van der Waals surface area contributed by atoms with E-state index >= 15 is 0 Å². The van der Waals surface area contributed by atoms with E-state index in [9.17, 15) is 73.2 Å². The lowest BCUT2D eigenvalue weighted by Gasteiger charge is -2.27. The van der Waals surface area contributed by atoms with E-state index in [2.05, 4.69) is 36.6 Å². The second-order valence-corrected chi connectivity index (χ2v) is 24.3. The van der Waals surface area contributed by atoms with Gasteiger partial charge in [0.15, 0.2) is 35.1 Å². The number of rotatable bonds is 50. The summed E-state index contributed by atoms with van der Waals surface area (Å²) in [6.45, 7) is 8.44. The Morgan fingerprint density at radius 1 is 0.544 bits per heavy atom. The van der Waals surface area contributed by atoms with Crippen molar-refractivity contribution in [2.45, 2.75) is 193 Å². The Labute approximate surface area is 532 Å². The first-order chi connectivity index (χ1) is 42.5. The molecule has 1 rings (SSSR count). The summed E-state index contributed by atoms with van der Waals surface area (Å²) in [5.74, 6) is -14.9. The van der Waals surface area contributed by atoms with Gasteiger partial charge in [0.05, 0.1) is 55.1 Å². The third-order valence-corrected chi connectivity index (χ3v) is 15.9. The number of aliphatic carboxylic acids is 1. The Hall–Kier alpha value is -7.24. The van der Waals surface area contributed by atoms with Gasteiger partial charge in [-0.25, -0.2) is 0 Å². The number of carbonyl (C=O) groups excluding carboxylic acids is 10. The number of phenols is 1. The lowest BCUT2D eigenvalue weighted by atomic mass is 9.88. The molecule has 0 fully saturated rings. The second-order valence-electron chi connectivity index (χ2n) is 23.3. The minimum atomic E-state index is -1.83. The average molecular weight is 1290 g/mol. The van der Waals surface area contributed by atoms with Gasteiger partial charge in [-0.3, -0.25) is 62.7 Å². The quantitative estimate of drug-likeness (QED) is 0.0236. The summed E-state index contributed by atoms with van der Waals surface area (Å²) < 4.78 is 0. The van der Waals surface area contributed by atoms with Crippen molar-refractivity contribution in [1.82, 2.24) is 26.6 Å². The number of primary amides is 1. The van der Waals surface area contributed by atoms with E-state index in [1.54, 1.807) is 6.26 Å². The van der Waals surface area contributed by atoms with Crippen LogP contribution >= 0.6 is 11.8 Å². The highest BCUT2D eigenvalue weighted by atomic mass is 32.2. The molecule has 11 atom stereocenters. The van der Waals surface area contributed by atoms with Gasteiger partial charge in [-0.1, -0.05) is 59.1 Å². The van der Waals surface area contributed by atoms with E-state index in [0.717, 1.165) is 0 Å². The van der Waals surface area contributed by atoms with E-state index < -0.39 is 163 Å². The number of nitrogens with one attached hydrogen (secondary N) is 5. The zero-order valence-electron chi connectivity index (χ0n) is 53.3. The number of nitrogens with two attached hydrogens (primary N) is 6. The summed E-state index contributed by atoms with van der Waals surface area (Å²) in [7, 11) is 0. The van der Waals surface area contributed by atoms with E-state index in [-0.39, 0.29) is 107 Å². The second kappa shape index (κ2) is 44.3. The number of aliphatic hydroxyl groups is 2. The molecule has 28 nitrogen and oxygen atoms in total. The topological polar surface area (TPSA) is 510 Å². The maximum Gasteiger partial charge on any atom is 0.305 e. The van der Waals surface area contributed by atoms with Gasteiger partial charge in [0.1, 0.15) is 11.8 Å². The lowest BCUT2D eigenvalue weighted by molar-refractivity contribution is -0.142. The molecule has 0 aliphatic carbocycles. The van der Waals surface area contributed by atoms with Gasteiger partial charge in [-0.15, -0.1) is 0 Å². The van der Waals surface area contributed by atoms with Crippen LogP contribution in [-0.2, 0) is 59.2 Å². The van der Waals surface area contributed by atoms with Crippen LogP contribution in [-0.4, -0.2) is 171 Å². The number of hydrogen-bond donors (Lipinski definition) is 15. The molecule has 0 bridgehead atoms. The van der Waals surface area contributed by atoms with Crippen molar-refractivity contribution in [2.24, 2.45) is 79.9 Å². The molecular formula is C61H103N13O15S. The molecule has 0 aromatic heterocycles. The van der Waals surface area contributed by atoms with E-state index in [1.165, 1.54) is 43.0 Å². The van der Waals surface area contributed by atoms with E-state index in [4.69, 9.17) is 34.4 Å². The summed E-state index contributed by atoms with van der Waals surface area (Å²) >= 11 is 1.31. The molecule has 90 heavy (non-hydrogen) atoms. The molecule has 0 spiro atoms. The monoisotopic (exact) mass is 1290 g/mol. The highest BCUT2D eigenvalue weighted by Crippen LogP contribution is 2.23. The van der Waals surface area contributed by atoms with Crippen molar-refractivity contribution >= 4 is 88.2 Å². The number of carboxylic acid groups (broad SMARTS) is 1. The first-order valence-corrected chi connectivity index (χ1v) is 32.4. The maximum atomic E-state index is 14.5. The predicted molar refractivity (Wildman–Crippen MR) is 343 cm³/mol. The smallest absolute Gasteiger partial charge is 0.305 e. The predicted octanol–water partition coefficient (Wildman–Crippen LogP) is 0.245. The normalized spacial score (nSPS) is 14.9. The number of aromatic hydroxyl groups is 1. The van der Waals surface area contributed by atoms with Crippen LogP contribution in [0.5, 0.6) is 5.75 Å². The molecule has 21 N–H and O–H groups in total. The van der Waals surface area contributed by atoms with Crippen LogP contribution in [0.25, 0.3) is 0 Å². The zero-order valence-corrected chi connectivity index (χ0v) is 54.1. The Kier molecular flexibility index (Phi) is 39.7. The third-order valence-electron chi connectivity index (χ3n) is 15.3. The summed E-state index contributed by atoms with van der Waals surface area (Å²) in [6.07, 6.45) is 0.372. The van der Waals surface area contributed by atoms with Crippen LogP contribution in [0.2, 0.25) is 0 Å². The third kappa shape index (κ3) is 32.5. The molecule has 29 heteroatoms. The van der Waals surface area contributed by atoms with Crippen molar-refractivity contribution in [1.29, 1.82) is 0 Å². The van der Waals surface area contributed by atoms with Crippen molar-refractivity contribution in [2.75, 3.05) is 38.2 Å². The van der Waals surface area contributed by atoms with E-state index in [0.29, 0.717) is 43.4 Å². The Morgan fingerprint density at radius 3 is 1.49 bits per heavy atom. The number of benzene rings is 1. The molecule has 0 radical (unpaired) electrons. The number of guanidine groups is 2. The van der Waals surface area contributed by atoms with Gasteiger partial charge in [0, 0.05) is 56.5 Å². The Balaban J connectivity index is 3.61. The summed E-state index contributed by atoms with van der Waals surface area (Å²) in [4.78, 5) is 159. The van der Waals surface area contributed by atoms with Crippen molar-refractivity contribution in [3.05, 3.63) is 29.8 Å². The molecule has 0 saturated carbocycles. The highest BCUT2D eigenvalue weighted by molar-refractivity contribution is 7.98. The molecule has 1 aromatic carbocycles. The number of carboxylic acids is 1. The number of aliphatic hydroxyl groups excluding tert-OH is 2. The van der Waals surface area contributed by atoms with Crippen molar-refractivity contribution in [3.8, 4) is 5.75 Å². The fourth-order valence-electron chi connectivity index (χ4n) is 10.0. The first kappa shape index (κ1) is 80.8. The maximum absolute atomic E-state index is 14.5. The first-order valence-electron chi connectivity index (χ1n) is 31.0. The fourth-order valence-corrected chi connectivity index (χ4v) is 10.5. The molecule has 1 aromatic rings. The molecule has 0 unspecified atom stereocenters. The number of phenolic OH excluding ortho intramolecular Hbond substituents is 1. The fraction of sp³-hybridized carbons (Fsp3) is 0.689. The zero-order chi connectivity index (χ0) is 68.0. The van der Waals surface area contributed by atoms with Gasteiger partial charge in [-0.05, 0) is 120 Å². The lowest BCUT2D eigenvalue weighted by Crippen LogP contribution is -2.51. The summed E-state index contributed by atoms with van der Waals surface area (Å²) in [5.41, 5.74) is 33.8. The van der Waals surface area contributed by atoms with Gasteiger partial charge in [0.25, 0.3) is 0 Å². The summed E-state index contributed by atoms with van der Waals surface area (Å²) in [6, 6.07) is -0.903. The minimum absolute atomic E-state index is 0.00798. The molecule has 0 saturated heterocycles. The van der Waals surface area contributed by atoms with Crippen molar-refractivity contribution in [3.63, 3.8) is 0 Å². The molecule has 6 amide bonds. The van der Waals surface area contributed by atoms with Crippen LogP contribution < -0.4 is 61.0 Å². The molecular weight excluding hydrogens is 1190 g/mol. The minimum Gasteiger partial charge on any atom is -0.508 e. The molecule has 0 aliphatic rings. The SMILES string of the molecule is CCCC[C@H](NC(=O)[C@H](CCCN=C(N)N)CC(=O)[C@H](Cc1ccc(O)cc1)NC(=O)[C@H](CCCCN)CC(=O)[C@H](CC(=O)O)NC(=O)[C@@H](CC(=O)[C@H](CCSC)NC(=O)[C@H](CO)CC(=O)[C@H](CCCN=C(N)N)NC(=O)[C@@H](CC)CC(C)C)[C@@H](C)O)C(N)=O. The largest absolute Gasteiger partial charge is 0.508 e. The standard InChI is InChI=1S/C61H103N13O15S/c1-7-9-16-46(54(63)84)72-56(86)40(15-12-24-68-60(64)65)30-50(79)47(28-37-18-20-42(77)21-19-37)73-57(87)39(14-10-11-23-62)29-51(80)48(33-53(82)83)74-59(89)43(36(5)76)32-52(81)45(22-26-90-6)71-58(88)41(34-75)31-49(78)44(17-13-25-69-61(66)67)70-55(85)38(8-2)27-35(3)4/h18-21,35-36,38-41,43-48,75-77H,7-17,22-34,62H2,1-6H3,(H2,63,84)(H,70,85)(H,71,88)(H,72,86)(H,73,87)(H,74,89)(H,82,83)(H4,64,65,68)(H4,66,67,69)/t36-,38+,39-,40-,41+,43+,44+,45+,46+,47+,48+/m1/s1. The number of hydrogen-bond acceptors (Lipinski definition) is 18. The number of carbonyl (C=O) groups is 11. The van der Waals surface area contributed by atoms with Crippen LogP contribution in [0, 0.1) is 35.5 Å². The van der Waals surface area contributed by atoms with Gasteiger partial charge >= 0.3 is 5.97 Å². The number of aliphatic imine (C=N–C) groups is 2. The molecule has 0 heterocycles. The van der Waals surface area contributed by atoms with E-state index in [1.807, 2.05) is 27.7 Å². The molecule has 508 valence electrons. The van der Waals surface area contributed by atoms with Crippen LogP contribution in [0.15, 0.2) is 34.3 Å². The number of unbranched alkanes of at least 4 members (excludes halogenated alkanes) is 2. The number of Topliss-reactive ketones (excluding diaryl/α,β-unsaturated/α-hetero) is 4. The number of ketones is 4. The Morgan fingerprint density at radius 2 is 1.00 bits per heavy atom. The summed E-state index contributed by atoms with van der Waals surface area (Å²) in [5, 5.41) is 54.7. The van der Waals surface area contributed by atoms with Crippen LogP contribution in [0.4, 0.5) is 0 Å². The Bertz CT molecular complexity index is 2530. The number of amides is 6. The van der Waals surface area contributed by atoms with Gasteiger partial charge in [-0.2, -0.15) is 11.8 Å². The van der Waals surface area contributed by atoms with Crippen molar-refractivity contribution < 1.29 is 73.2 Å². The van der Waals surface area contributed by atoms with Gasteiger partial charge in [0.2, 0.25) is 35.4 Å². The van der Waals surface area contributed by atoms with Gasteiger partial charge < -0.3 is 81.4 Å². The molecule has 0 aliphatic heterocycles.